The van der Waals surface area contributed by atoms with Crippen LogP contribution in [0.25, 0.3) is 0 Å². The number of cyclic esters (lactones) is 1. The maximum absolute atomic E-state index is 12.6. The lowest BCUT2D eigenvalue weighted by Crippen LogP contribution is -2.59. The van der Waals surface area contributed by atoms with Crippen molar-refractivity contribution in [1.82, 2.24) is 0 Å². The average Bonchev–Trinajstić information content (AvgIpc) is 3.85. The van der Waals surface area contributed by atoms with Gasteiger partial charge in [-0.2, -0.15) is 0 Å². The number of carbonyl (C=O) groups excluding carboxylic acids is 2. The first-order valence-corrected chi connectivity index (χ1v) is 14.8. The largest absolute Gasteiger partial charge is 0.469 e. The highest BCUT2D eigenvalue weighted by Crippen LogP contribution is 2.85. The predicted molar refractivity (Wildman–Crippen MR) is 142 cm³/mol. The van der Waals surface area contributed by atoms with Crippen LogP contribution in [0.4, 0.5) is 0 Å². The fourth-order valence-corrected chi connectivity index (χ4v) is 8.73. The second-order valence-corrected chi connectivity index (χ2v) is 13.0. The molecule has 1 aromatic carbocycles. The summed E-state index contributed by atoms with van der Waals surface area (Å²) in [5, 5.41) is 0. The third kappa shape index (κ3) is 3.58. The van der Waals surface area contributed by atoms with Crippen LogP contribution in [0.3, 0.4) is 0 Å². The fourth-order valence-electron chi connectivity index (χ4n) is 8.73. The van der Waals surface area contributed by atoms with Gasteiger partial charge in [-0.3, -0.25) is 4.79 Å². The Bertz CT molecular complexity index is 1220. The van der Waals surface area contributed by atoms with Crippen molar-refractivity contribution in [2.24, 2.45) is 23.2 Å². The first-order chi connectivity index (χ1) is 18.8. The minimum absolute atomic E-state index is 0.0592. The lowest BCUT2D eigenvalue weighted by Gasteiger charge is -2.44. The number of fused-ring (bicyclic) bond motifs is 2. The number of hydrogen-bond donors (Lipinski definition) is 0. The van der Waals surface area contributed by atoms with E-state index in [2.05, 4.69) is 20.8 Å². The van der Waals surface area contributed by atoms with E-state index in [4.69, 9.17) is 23.7 Å². The van der Waals surface area contributed by atoms with Gasteiger partial charge in [-0.1, -0.05) is 51.5 Å². The Balaban J connectivity index is 1.13. The van der Waals surface area contributed by atoms with E-state index < -0.39 is 0 Å². The molecular formula is C32H40O7. The minimum atomic E-state index is -0.302. The molecule has 0 amide bonds. The van der Waals surface area contributed by atoms with Gasteiger partial charge >= 0.3 is 11.9 Å². The first-order valence-electron chi connectivity index (χ1n) is 14.8. The molecule has 0 unspecified atom stereocenters. The molecule has 0 radical (unpaired) electrons. The van der Waals surface area contributed by atoms with Gasteiger partial charge in [0.05, 0.1) is 32.3 Å². The molecule has 39 heavy (non-hydrogen) atoms. The van der Waals surface area contributed by atoms with Gasteiger partial charge in [-0.15, -0.1) is 0 Å². The van der Waals surface area contributed by atoms with Crippen LogP contribution in [0.5, 0.6) is 0 Å². The van der Waals surface area contributed by atoms with Gasteiger partial charge in [0.25, 0.3) is 0 Å². The number of unbranched alkanes of at least 4 members (excludes halogenated alkanes) is 1. The summed E-state index contributed by atoms with van der Waals surface area (Å²) in [7, 11) is 1.41. The van der Waals surface area contributed by atoms with Gasteiger partial charge in [-0.25, -0.2) is 4.79 Å². The van der Waals surface area contributed by atoms with Crippen molar-refractivity contribution in [2.75, 3.05) is 13.7 Å². The minimum Gasteiger partial charge on any atom is -0.469 e. The van der Waals surface area contributed by atoms with E-state index in [9.17, 15) is 9.59 Å². The molecule has 7 rings (SSSR count). The molecule has 2 saturated heterocycles. The number of epoxide rings is 2. The number of carbonyl (C=O) groups is 2. The van der Waals surface area contributed by atoms with Crippen LogP contribution in [0.1, 0.15) is 70.4 Å². The highest BCUT2D eigenvalue weighted by molar-refractivity contribution is 5.91. The van der Waals surface area contributed by atoms with Crippen LogP contribution in [0.2, 0.25) is 0 Å². The Morgan fingerprint density at radius 2 is 1.90 bits per heavy atom. The second kappa shape index (κ2) is 8.89. The summed E-state index contributed by atoms with van der Waals surface area (Å²) in [5.74, 6) is 0.818. The normalized spacial score (nSPS) is 40.8. The van der Waals surface area contributed by atoms with Gasteiger partial charge in [-0.05, 0) is 66.6 Å². The molecule has 8 atom stereocenters. The molecule has 0 N–H and O–H groups in total. The topological polar surface area (TPSA) is 86.9 Å². The number of ether oxygens (including phenoxy) is 5. The Hall–Kier alpha value is -2.22. The third-order valence-electron chi connectivity index (χ3n) is 10.8. The molecular weight excluding hydrogens is 496 g/mol. The molecule has 3 heterocycles. The molecule has 3 aliphatic carbocycles. The molecule has 7 nitrogen and oxygen atoms in total. The number of hydrogen-bond acceptors (Lipinski definition) is 7. The zero-order valence-corrected chi connectivity index (χ0v) is 23.5. The fraction of sp³-hybridized carbons (Fsp3) is 0.688. The SMILES string of the molecule is CCCCC1=C([C@@H]2C[C@@H]3O[C@@]34[C@H](OCc3ccc(CC(=O)OC)cc3)[C@@]3(C(C)C)O[C@H]3[C@@H]3C[C@@]34C2)COC1=O. The van der Waals surface area contributed by atoms with Crippen LogP contribution < -0.4 is 0 Å². The monoisotopic (exact) mass is 536 g/mol. The maximum Gasteiger partial charge on any atom is 0.334 e. The van der Waals surface area contributed by atoms with Crippen LogP contribution in [0.15, 0.2) is 35.4 Å². The second-order valence-electron chi connectivity index (χ2n) is 13.0. The predicted octanol–water partition coefficient (Wildman–Crippen LogP) is 4.69. The van der Waals surface area contributed by atoms with Crippen molar-refractivity contribution in [3.8, 4) is 0 Å². The van der Waals surface area contributed by atoms with Crippen LogP contribution in [-0.4, -0.2) is 55.2 Å². The number of methoxy groups -OCH3 is 1. The smallest absolute Gasteiger partial charge is 0.334 e. The van der Waals surface area contributed by atoms with Crippen molar-refractivity contribution in [3.05, 3.63) is 46.5 Å². The van der Waals surface area contributed by atoms with Crippen molar-refractivity contribution in [1.29, 1.82) is 0 Å². The Labute approximate surface area is 230 Å². The Kier molecular flexibility index (Phi) is 5.86. The maximum atomic E-state index is 12.6. The van der Waals surface area contributed by atoms with Crippen molar-refractivity contribution >= 4 is 11.9 Å². The van der Waals surface area contributed by atoms with Gasteiger partial charge in [0.15, 0.2) is 0 Å². The Morgan fingerprint density at radius 3 is 2.62 bits per heavy atom. The van der Waals surface area contributed by atoms with Gasteiger partial charge in [0.2, 0.25) is 0 Å². The molecule has 2 spiro atoms. The van der Waals surface area contributed by atoms with Crippen molar-refractivity contribution in [3.63, 3.8) is 0 Å². The van der Waals surface area contributed by atoms with Crippen LogP contribution >= 0.6 is 0 Å². The highest BCUT2D eigenvalue weighted by atomic mass is 16.7. The zero-order chi connectivity index (χ0) is 27.2. The lowest BCUT2D eigenvalue weighted by molar-refractivity contribution is -0.140. The van der Waals surface area contributed by atoms with Gasteiger partial charge in [0, 0.05) is 11.0 Å². The highest BCUT2D eigenvalue weighted by Gasteiger charge is 2.94. The summed E-state index contributed by atoms with van der Waals surface area (Å²) in [5.41, 5.74) is 3.63. The quantitative estimate of drug-likeness (QED) is 0.317. The summed E-state index contributed by atoms with van der Waals surface area (Å²) < 4.78 is 30.6. The van der Waals surface area contributed by atoms with Crippen LogP contribution in [0, 0.1) is 23.2 Å². The first kappa shape index (κ1) is 25.7. The summed E-state index contributed by atoms with van der Waals surface area (Å²) in [6.07, 6.45) is 6.48. The molecule has 7 heteroatoms. The van der Waals surface area contributed by atoms with E-state index in [1.54, 1.807) is 0 Å². The molecule has 210 valence electrons. The molecule has 0 bridgehead atoms. The summed E-state index contributed by atoms with van der Waals surface area (Å²) in [6.45, 7) is 7.59. The van der Waals surface area contributed by atoms with E-state index in [-0.39, 0.29) is 53.3 Å². The van der Waals surface area contributed by atoms with E-state index in [1.807, 2.05) is 24.3 Å². The molecule has 3 saturated carbocycles. The molecule has 3 aliphatic heterocycles. The van der Waals surface area contributed by atoms with E-state index in [0.29, 0.717) is 31.0 Å². The molecule has 1 aromatic rings. The van der Waals surface area contributed by atoms with Crippen molar-refractivity contribution in [2.45, 2.75) is 102 Å². The zero-order valence-electron chi connectivity index (χ0n) is 23.5. The Morgan fingerprint density at radius 1 is 1.13 bits per heavy atom. The summed E-state index contributed by atoms with van der Waals surface area (Å²) >= 11 is 0. The van der Waals surface area contributed by atoms with Gasteiger partial charge < -0.3 is 23.7 Å². The molecule has 6 aliphatic rings. The van der Waals surface area contributed by atoms with Gasteiger partial charge in [0.1, 0.15) is 23.9 Å². The van der Waals surface area contributed by atoms with E-state index in [1.165, 1.54) is 12.7 Å². The molecule has 0 aromatic heterocycles. The number of rotatable bonds is 10. The van der Waals surface area contributed by atoms with E-state index >= 15 is 0 Å². The van der Waals surface area contributed by atoms with Crippen LogP contribution in [-0.2, 0) is 46.3 Å². The standard InChI is InChI=1S/C32H40O7/c1-5-6-7-22-23(17-36-28(22)34)21-13-25-32(38-25)29(31(18(2)3)27(39-31)24-15-30(24,32)14-21)37-16-20-10-8-19(9-11-20)12-26(33)35-4/h8-11,18,21,24-25,27,29H,5-7,12-17H2,1-4H3/t21-,24+,25+,27+,29-,30+,31+,32-/m1/s1. The lowest BCUT2D eigenvalue weighted by atomic mass is 9.59. The molecule has 5 fully saturated rings. The average molecular weight is 537 g/mol. The number of benzene rings is 1. The van der Waals surface area contributed by atoms with E-state index in [0.717, 1.165) is 55.2 Å². The van der Waals surface area contributed by atoms with Crippen molar-refractivity contribution < 1.29 is 33.3 Å². The third-order valence-corrected chi connectivity index (χ3v) is 10.8. The summed E-state index contributed by atoms with van der Waals surface area (Å²) in [4.78, 5) is 24.2. The summed E-state index contributed by atoms with van der Waals surface area (Å²) in [6, 6.07) is 8.01. The number of esters is 2.